The van der Waals surface area contributed by atoms with Crippen molar-refractivity contribution in [2.24, 2.45) is 5.73 Å². The molecular weight excluding hydrogens is 158 g/mol. The number of esters is 1. The molecule has 70 valence electrons. The van der Waals surface area contributed by atoms with Gasteiger partial charge in [0.1, 0.15) is 0 Å². The molecule has 0 aliphatic carbocycles. The largest absolute Gasteiger partial charge is 0.464 e. The fourth-order valence-electron chi connectivity index (χ4n) is 0.398. The molecule has 1 atom stereocenters. The molecule has 0 saturated heterocycles. The molecule has 12 heavy (non-hydrogen) atoms. The standard InChI is InChI=1S/C6H11NO3.C2H4/c1-3-10-6(9)5(7)4(2)8;1-2/h5H,3,7H2,1-2H3;1-2H2. The van der Waals surface area contributed by atoms with E-state index in [9.17, 15) is 9.59 Å². The summed E-state index contributed by atoms with van der Waals surface area (Å²) in [7, 11) is 0. The molecule has 0 bridgehead atoms. The Kier molecular flexibility index (Phi) is 8.89. The van der Waals surface area contributed by atoms with Gasteiger partial charge in [-0.3, -0.25) is 4.79 Å². The topological polar surface area (TPSA) is 69.4 Å². The van der Waals surface area contributed by atoms with E-state index < -0.39 is 12.0 Å². The Morgan fingerprint density at radius 1 is 1.50 bits per heavy atom. The van der Waals surface area contributed by atoms with Crippen molar-refractivity contribution in [2.75, 3.05) is 6.61 Å². The van der Waals surface area contributed by atoms with Gasteiger partial charge in [0.2, 0.25) is 0 Å². The van der Waals surface area contributed by atoms with Gasteiger partial charge in [-0.2, -0.15) is 0 Å². The molecule has 0 aromatic rings. The summed E-state index contributed by atoms with van der Waals surface area (Å²) in [6.45, 7) is 9.16. The second-order valence-corrected chi connectivity index (χ2v) is 1.84. The molecule has 0 aromatic carbocycles. The van der Waals surface area contributed by atoms with Crippen LogP contribution in [0.1, 0.15) is 13.8 Å². The molecule has 0 radical (unpaired) electrons. The van der Waals surface area contributed by atoms with E-state index in [1.165, 1.54) is 6.92 Å². The molecule has 0 rings (SSSR count). The smallest absolute Gasteiger partial charge is 0.330 e. The molecule has 0 saturated carbocycles. The zero-order valence-electron chi connectivity index (χ0n) is 7.50. The molecular formula is C8H15NO3. The van der Waals surface area contributed by atoms with Crippen molar-refractivity contribution in [3.05, 3.63) is 13.2 Å². The average molecular weight is 173 g/mol. The molecule has 4 nitrogen and oxygen atoms in total. The number of nitrogens with two attached hydrogens (primary N) is 1. The minimum Gasteiger partial charge on any atom is -0.464 e. The molecule has 0 aliphatic heterocycles. The van der Waals surface area contributed by atoms with Crippen molar-refractivity contribution in [1.82, 2.24) is 0 Å². The Morgan fingerprint density at radius 2 is 1.92 bits per heavy atom. The lowest BCUT2D eigenvalue weighted by atomic mass is 10.2. The van der Waals surface area contributed by atoms with Crippen LogP contribution in [0.25, 0.3) is 0 Å². The van der Waals surface area contributed by atoms with Crippen LogP contribution in [0.2, 0.25) is 0 Å². The van der Waals surface area contributed by atoms with Gasteiger partial charge in [-0.1, -0.05) is 0 Å². The highest BCUT2D eigenvalue weighted by molar-refractivity contribution is 6.01. The third-order valence-corrected chi connectivity index (χ3v) is 0.979. The van der Waals surface area contributed by atoms with Crippen LogP contribution in [0.5, 0.6) is 0 Å². The monoisotopic (exact) mass is 173 g/mol. The van der Waals surface area contributed by atoms with Crippen LogP contribution in [0, 0.1) is 0 Å². The number of carbonyl (C=O) groups excluding carboxylic acids is 2. The second-order valence-electron chi connectivity index (χ2n) is 1.84. The third-order valence-electron chi connectivity index (χ3n) is 0.979. The van der Waals surface area contributed by atoms with Gasteiger partial charge in [0.15, 0.2) is 11.8 Å². The van der Waals surface area contributed by atoms with Crippen molar-refractivity contribution >= 4 is 11.8 Å². The lowest BCUT2D eigenvalue weighted by Crippen LogP contribution is -2.38. The predicted molar refractivity (Wildman–Crippen MR) is 46.5 cm³/mol. The first-order valence-corrected chi connectivity index (χ1v) is 3.52. The van der Waals surface area contributed by atoms with Crippen molar-refractivity contribution in [2.45, 2.75) is 19.9 Å². The van der Waals surface area contributed by atoms with Crippen molar-refractivity contribution < 1.29 is 14.3 Å². The fraction of sp³-hybridized carbons (Fsp3) is 0.500. The van der Waals surface area contributed by atoms with E-state index in [0.717, 1.165) is 0 Å². The molecule has 0 aliphatic rings. The summed E-state index contributed by atoms with van der Waals surface area (Å²) in [4.78, 5) is 21.1. The molecule has 0 fully saturated rings. The minimum absolute atomic E-state index is 0.250. The SMILES string of the molecule is C=C.CCOC(=O)C(N)C(C)=O. The predicted octanol–water partition coefficient (Wildman–Crippen LogP) is 0.268. The molecule has 0 aromatic heterocycles. The van der Waals surface area contributed by atoms with Crippen LogP contribution < -0.4 is 5.73 Å². The summed E-state index contributed by atoms with van der Waals surface area (Å²) in [6.07, 6.45) is 0. The first-order valence-electron chi connectivity index (χ1n) is 3.52. The Labute approximate surface area is 72.4 Å². The highest BCUT2D eigenvalue weighted by Crippen LogP contribution is 1.86. The summed E-state index contributed by atoms with van der Waals surface area (Å²) in [5, 5.41) is 0. The van der Waals surface area contributed by atoms with E-state index in [1.54, 1.807) is 6.92 Å². The minimum atomic E-state index is -1.11. The number of hydrogen-bond acceptors (Lipinski definition) is 4. The van der Waals surface area contributed by atoms with Crippen molar-refractivity contribution in [3.8, 4) is 0 Å². The Hall–Kier alpha value is -1.16. The van der Waals surface area contributed by atoms with Gasteiger partial charge in [-0.15, -0.1) is 13.2 Å². The van der Waals surface area contributed by atoms with Crippen LogP contribution in [0.4, 0.5) is 0 Å². The summed E-state index contributed by atoms with van der Waals surface area (Å²) in [6, 6.07) is -1.11. The first-order chi connectivity index (χ1) is 5.59. The number of rotatable bonds is 3. The Balaban J connectivity index is 0. The second kappa shape index (κ2) is 7.94. The summed E-state index contributed by atoms with van der Waals surface area (Å²) >= 11 is 0. The number of Topliss-reactive ketones (excluding diaryl/α,β-unsaturated/α-hetero) is 1. The van der Waals surface area contributed by atoms with Crippen LogP contribution >= 0.6 is 0 Å². The van der Waals surface area contributed by atoms with E-state index in [4.69, 9.17) is 5.73 Å². The van der Waals surface area contributed by atoms with E-state index in [1.807, 2.05) is 0 Å². The lowest BCUT2D eigenvalue weighted by Gasteiger charge is -2.05. The molecule has 0 heterocycles. The molecule has 4 heteroatoms. The van der Waals surface area contributed by atoms with E-state index >= 15 is 0 Å². The number of hydrogen-bond donors (Lipinski definition) is 1. The van der Waals surface area contributed by atoms with Crippen molar-refractivity contribution in [3.63, 3.8) is 0 Å². The van der Waals surface area contributed by atoms with Crippen LogP contribution in [0.15, 0.2) is 13.2 Å². The molecule has 2 N–H and O–H groups in total. The quantitative estimate of drug-likeness (QED) is 0.378. The fourth-order valence-corrected chi connectivity index (χ4v) is 0.398. The van der Waals surface area contributed by atoms with Crippen LogP contribution in [-0.4, -0.2) is 24.4 Å². The highest BCUT2D eigenvalue weighted by Gasteiger charge is 2.18. The maximum Gasteiger partial charge on any atom is 0.330 e. The van der Waals surface area contributed by atoms with Gasteiger partial charge in [0.05, 0.1) is 6.61 Å². The van der Waals surface area contributed by atoms with E-state index in [-0.39, 0.29) is 12.4 Å². The Bertz CT molecular complexity index is 156. The summed E-state index contributed by atoms with van der Waals surface area (Å²) < 4.78 is 4.48. The third kappa shape index (κ3) is 5.61. The number of ketones is 1. The molecule has 1 unspecified atom stereocenters. The van der Waals surface area contributed by atoms with Gasteiger partial charge in [-0.05, 0) is 13.8 Å². The zero-order valence-corrected chi connectivity index (χ0v) is 7.50. The van der Waals surface area contributed by atoms with Gasteiger partial charge in [0.25, 0.3) is 0 Å². The molecule has 0 amide bonds. The maximum absolute atomic E-state index is 10.6. The molecule has 0 spiro atoms. The Morgan fingerprint density at radius 3 is 2.17 bits per heavy atom. The summed E-state index contributed by atoms with van der Waals surface area (Å²) in [5.41, 5.74) is 5.12. The van der Waals surface area contributed by atoms with Crippen molar-refractivity contribution in [1.29, 1.82) is 0 Å². The highest BCUT2D eigenvalue weighted by atomic mass is 16.5. The number of ether oxygens (including phenoxy) is 1. The zero-order chi connectivity index (χ0) is 10.1. The number of carbonyl (C=O) groups is 2. The van der Waals surface area contributed by atoms with Gasteiger partial charge in [-0.25, -0.2) is 4.79 Å². The lowest BCUT2D eigenvalue weighted by molar-refractivity contribution is -0.147. The van der Waals surface area contributed by atoms with Gasteiger partial charge < -0.3 is 10.5 Å². The average Bonchev–Trinajstić information content (AvgIpc) is 2.07. The van der Waals surface area contributed by atoms with Gasteiger partial charge in [0, 0.05) is 0 Å². The first kappa shape index (κ1) is 13.4. The van der Waals surface area contributed by atoms with Gasteiger partial charge >= 0.3 is 5.97 Å². The van der Waals surface area contributed by atoms with E-state index in [0.29, 0.717) is 0 Å². The van der Waals surface area contributed by atoms with Crippen LogP contribution in [0.3, 0.4) is 0 Å². The summed E-state index contributed by atoms with van der Waals surface area (Å²) in [5.74, 6) is -1.03. The maximum atomic E-state index is 10.6. The van der Waals surface area contributed by atoms with E-state index in [2.05, 4.69) is 17.9 Å². The van der Waals surface area contributed by atoms with Crippen LogP contribution in [-0.2, 0) is 14.3 Å². The normalized spacial score (nSPS) is 10.6.